The maximum atomic E-state index is 11.7. The van der Waals surface area contributed by atoms with Crippen molar-refractivity contribution in [2.24, 2.45) is 5.73 Å². The molecule has 0 heterocycles. The first-order valence-electron chi connectivity index (χ1n) is 6.06. The molecule has 0 radical (unpaired) electrons. The third-order valence-corrected chi connectivity index (χ3v) is 2.57. The Labute approximate surface area is 108 Å². The number of amides is 1. The van der Waals surface area contributed by atoms with Crippen LogP contribution in [-0.2, 0) is 11.2 Å². The van der Waals surface area contributed by atoms with Gasteiger partial charge in [0.2, 0.25) is 5.91 Å². The molecule has 0 saturated carbocycles. The summed E-state index contributed by atoms with van der Waals surface area (Å²) in [5, 5.41) is 11.9. The number of allylic oxidation sites excluding steroid dienone is 1. The molecule has 1 rings (SSSR count). The Bertz CT molecular complexity index is 399. The molecule has 4 nitrogen and oxygen atoms in total. The highest BCUT2D eigenvalue weighted by Crippen LogP contribution is 2.10. The third kappa shape index (κ3) is 5.01. The predicted molar refractivity (Wildman–Crippen MR) is 72.2 cm³/mol. The SMILES string of the molecule is C/C=C/CCNC(=O)[C@@H](N)Cc1ccc(O)cc1. The van der Waals surface area contributed by atoms with Crippen LogP contribution in [0.4, 0.5) is 0 Å². The fraction of sp³-hybridized carbons (Fsp3) is 0.357. The van der Waals surface area contributed by atoms with Crippen LogP contribution in [0.25, 0.3) is 0 Å². The largest absolute Gasteiger partial charge is 0.508 e. The molecule has 0 aliphatic carbocycles. The summed E-state index contributed by atoms with van der Waals surface area (Å²) in [7, 11) is 0. The number of phenolic OH excluding ortho intramolecular Hbond substituents is 1. The van der Waals surface area contributed by atoms with Crippen molar-refractivity contribution in [3.63, 3.8) is 0 Å². The minimum Gasteiger partial charge on any atom is -0.508 e. The molecular formula is C14H20N2O2. The highest BCUT2D eigenvalue weighted by molar-refractivity contribution is 5.81. The fourth-order valence-electron chi connectivity index (χ4n) is 1.56. The molecule has 0 aliphatic heterocycles. The molecule has 1 aromatic carbocycles. The van der Waals surface area contributed by atoms with Crippen LogP contribution in [0.5, 0.6) is 5.75 Å². The van der Waals surface area contributed by atoms with Gasteiger partial charge in [0.25, 0.3) is 0 Å². The summed E-state index contributed by atoms with van der Waals surface area (Å²) in [6, 6.07) is 6.16. The second-order valence-electron chi connectivity index (χ2n) is 4.13. The molecule has 0 saturated heterocycles. The summed E-state index contributed by atoms with van der Waals surface area (Å²) in [5.41, 5.74) is 6.74. The average molecular weight is 248 g/mol. The maximum Gasteiger partial charge on any atom is 0.237 e. The van der Waals surface area contributed by atoms with Crippen molar-refractivity contribution in [1.29, 1.82) is 0 Å². The zero-order valence-corrected chi connectivity index (χ0v) is 10.6. The molecular weight excluding hydrogens is 228 g/mol. The van der Waals surface area contributed by atoms with E-state index in [9.17, 15) is 4.79 Å². The lowest BCUT2D eigenvalue weighted by molar-refractivity contribution is -0.122. The number of benzene rings is 1. The van der Waals surface area contributed by atoms with E-state index in [2.05, 4.69) is 5.32 Å². The van der Waals surface area contributed by atoms with Gasteiger partial charge in [-0.3, -0.25) is 4.79 Å². The van der Waals surface area contributed by atoms with Gasteiger partial charge in [-0.2, -0.15) is 0 Å². The summed E-state index contributed by atoms with van der Waals surface area (Å²) >= 11 is 0. The second kappa shape index (κ2) is 7.50. The quantitative estimate of drug-likeness (QED) is 0.525. The Kier molecular flexibility index (Phi) is 5.94. The number of hydrogen-bond acceptors (Lipinski definition) is 3. The van der Waals surface area contributed by atoms with E-state index >= 15 is 0 Å². The molecule has 0 unspecified atom stereocenters. The first-order valence-corrected chi connectivity index (χ1v) is 6.06. The van der Waals surface area contributed by atoms with E-state index in [-0.39, 0.29) is 11.7 Å². The molecule has 4 N–H and O–H groups in total. The van der Waals surface area contributed by atoms with Gasteiger partial charge >= 0.3 is 0 Å². The Morgan fingerprint density at radius 3 is 2.72 bits per heavy atom. The molecule has 18 heavy (non-hydrogen) atoms. The highest BCUT2D eigenvalue weighted by atomic mass is 16.3. The highest BCUT2D eigenvalue weighted by Gasteiger charge is 2.12. The Hall–Kier alpha value is -1.81. The molecule has 0 bridgehead atoms. The van der Waals surface area contributed by atoms with E-state index in [1.165, 1.54) is 0 Å². The zero-order chi connectivity index (χ0) is 13.4. The van der Waals surface area contributed by atoms with E-state index in [1.807, 2.05) is 19.1 Å². The number of carbonyl (C=O) groups excluding carboxylic acids is 1. The van der Waals surface area contributed by atoms with Crippen LogP contribution in [0.3, 0.4) is 0 Å². The van der Waals surface area contributed by atoms with Gasteiger partial charge < -0.3 is 16.2 Å². The van der Waals surface area contributed by atoms with Crippen LogP contribution < -0.4 is 11.1 Å². The lowest BCUT2D eigenvalue weighted by Crippen LogP contribution is -2.42. The maximum absolute atomic E-state index is 11.7. The number of aromatic hydroxyl groups is 1. The predicted octanol–water partition coefficient (Wildman–Crippen LogP) is 1.34. The molecule has 1 aromatic rings. The first kappa shape index (κ1) is 14.3. The Balaban J connectivity index is 2.37. The van der Waals surface area contributed by atoms with Crippen LogP contribution in [0.1, 0.15) is 18.9 Å². The summed E-state index contributed by atoms with van der Waals surface area (Å²) in [4.78, 5) is 11.7. The van der Waals surface area contributed by atoms with Gasteiger partial charge in [-0.05, 0) is 37.5 Å². The van der Waals surface area contributed by atoms with Crippen LogP contribution in [0, 0.1) is 0 Å². The number of nitrogens with two attached hydrogens (primary N) is 1. The summed E-state index contributed by atoms with van der Waals surface area (Å²) in [6.45, 7) is 2.55. The van der Waals surface area contributed by atoms with Crippen LogP contribution in [-0.4, -0.2) is 23.6 Å². The van der Waals surface area contributed by atoms with Gasteiger partial charge in [0, 0.05) is 6.54 Å². The molecule has 0 fully saturated rings. The molecule has 98 valence electrons. The smallest absolute Gasteiger partial charge is 0.237 e. The van der Waals surface area contributed by atoms with Gasteiger partial charge in [0.1, 0.15) is 5.75 Å². The van der Waals surface area contributed by atoms with Crippen LogP contribution in [0.15, 0.2) is 36.4 Å². The van der Waals surface area contributed by atoms with Crippen molar-refractivity contribution in [2.45, 2.75) is 25.8 Å². The molecule has 0 spiro atoms. The second-order valence-corrected chi connectivity index (χ2v) is 4.13. The standard InChI is InChI=1S/C14H20N2O2/c1-2-3-4-9-16-14(18)13(15)10-11-5-7-12(17)8-6-11/h2-3,5-8,13,17H,4,9-10,15H2,1H3,(H,16,18)/b3-2+/t13-/m0/s1. The van der Waals surface area contributed by atoms with Gasteiger partial charge in [0.15, 0.2) is 0 Å². The van der Waals surface area contributed by atoms with Crippen molar-refractivity contribution in [1.82, 2.24) is 5.32 Å². The minimum absolute atomic E-state index is 0.146. The number of carbonyl (C=O) groups is 1. The molecule has 4 heteroatoms. The average Bonchev–Trinajstić information content (AvgIpc) is 2.37. The van der Waals surface area contributed by atoms with Crippen molar-refractivity contribution in [2.75, 3.05) is 6.54 Å². The summed E-state index contributed by atoms with van der Waals surface area (Å²) < 4.78 is 0. The van der Waals surface area contributed by atoms with Gasteiger partial charge in [-0.25, -0.2) is 0 Å². The lowest BCUT2D eigenvalue weighted by atomic mass is 10.1. The van der Waals surface area contributed by atoms with Gasteiger partial charge in [0.05, 0.1) is 6.04 Å². The van der Waals surface area contributed by atoms with E-state index in [1.54, 1.807) is 24.3 Å². The lowest BCUT2D eigenvalue weighted by Gasteiger charge is -2.11. The normalized spacial score (nSPS) is 12.6. The number of hydrogen-bond donors (Lipinski definition) is 3. The number of nitrogens with one attached hydrogen (secondary N) is 1. The first-order chi connectivity index (χ1) is 8.63. The van der Waals surface area contributed by atoms with Crippen LogP contribution in [0.2, 0.25) is 0 Å². The molecule has 0 aliphatic rings. The monoisotopic (exact) mass is 248 g/mol. The molecule has 1 atom stereocenters. The van der Waals surface area contributed by atoms with Crippen molar-refractivity contribution >= 4 is 5.91 Å². The van der Waals surface area contributed by atoms with Gasteiger partial charge in [-0.15, -0.1) is 0 Å². The zero-order valence-electron chi connectivity index (χ0n) is 10.6. The Morgan fingerprint density at radius 1 is 1.44 bits per heavy atom. The van der Waals surface area contributed by atoms with Gasteiger partial charge in [-0.1, -0.05) is 24.3 Å². The fourth-order valence-corrected chi connectivity index (χ4v) is 1.56. The summed E-state index contributed by atoms with van der Waals surface area (Å²) in [5.74, 6) is 0.0655. The van der Waals surface area contributed by atoms with Crippen molar-refractivity contribution in [3.8, 4) is 5.75 Å². The topological polar surface area (TPSA) is 75.4 Å². The van der Waals surface area contributed by atoms with E-state index in [0.717, 1.165) is 12.0 Å². The third-order valence-electron chi connectivity index (χ3n) is 2.57. The van der Waals surface area contributed by atoms with E-state index in [4.69, 9.17) is 10.8 Å². The van der Waals surface area contributed by atoms with Crippen molar-refractivity contribution in [3.05, 3.63) is 42.0 Å². The minimum atomic E-state index is -0.555. The summed E-state index contributed by atoms with van der Waals surface area (Å²) in [6.07, 6.45) is 5.22. The van der Waals surface area contributed by atoms with E-state index < -0.39 is 6.04 Å². The van der Waals surface area contributed by atoms with Crippen LogP contribution >= 0.6 is 0 Å². The number of rotatable bonds is 6. The number of phenols is 1. The molecule has 1 amide bonds. The van der Waals surface area contributed by atoms with Crippen molar-refractivity contribution < 1.29 is 9.90 Å². The van der Waals surface area contributed by atoms with E-state index in [0.29, 0.717) is 13.0 Å². The Morgan fingerprint density at radius 2 is 2.11 bits per heavy atom. The molecule has 0 aromatic heterocycles.